The number of hydrogen-bond donors (Lipinski definition) is 2. The summed E-state index contributed by atoms with van der Waals surface area (Å²) in [6, 6.07) is 15.2. The van der Waals surface area contributed by atoms with Gasteiger partial charge < -0.3 is 20.1 Å². The first-order valence-electron chi connectivity index (χ1n) is 7.67. The van der Waals surface area contributed by atoms with E-state index in [2.05, 4.69) is 15.6 Å². The molecule has 0 aromatic heterocycles. The van der Waals surface area contributed by atoms with Crippen molar-refractivity contribution >= 4 is 41.5 Å². The summed E-state index contributed by atoms with van der Waals surface area (Å²) >= 11 is 5.84. The fraction of sp³-hybridized carbons (Fsp3) is 0.278. The second-order valence-electron chi connectivity index (χ2n) is 5.01. The minimum atomic E-state index is 0. The highest BCUT2D eigenvalue weighted by molar-refractivity contribution is 14.0. The van der Waals surface area contributed by atoms with E-state index in [1.807, 2.05) is 36.4 Å². The van der Waals surface area contributed by atoms with E-state index in [0.29, 0.717) is 24.7 Å². The largest absolute Gasteiger partial charge is 0.497 e. The Hall–Kier alpha value is -1.67. The van der Waals surface area contributed by atoms with Gasteiger partial charge in [-0.1, -0.05) is 23.7 Å². The van der Waals surface area contributed by atoms with Gasteiger partial charge in [0.05, 0.1) is 13.7 Å². The minimum Gasteiger partial charge on any atom is -0.497 e. The van der Waals surface area contributed by atoms with Crippen molar-refractivity contribution in [2.75, 3.05) is 27.3 Å². The van der Waals surface area contributed by atoms with E-state index in [4.69, 9.17) is 21.1 Å². The molecule has 0 bridgehead atoms. The normalized spacial score (nSPS) is 10.6. The number of aliphatic imine (C=N–C) groups is 1. The van der Waals surface area contributed by atoms with Gasteiger partial charge in [-0.3, -0.25) is 4.99 Å². The van der Waals surface area contributed by atoms with Crippen LogP contribution in [0.5, 0.6) is 11.5 Å². The van der Waals surface area contributed by atoms with Crippen LogP contribution in [0.15, 0.2) is 53.5 Å². The fourth-order valence-corrected chi connectivity index (χ4v) is 2.18. The summed E-state index contributed by atoms with van der Waals surface area (Å²) in [5.74, 6) is 2.35. The summed E-state index contributed by atoms with van der Waals surface area (Å²) in [5.41, 5.74) is 1.12. The van der Waals surface area contributed by atoms with E-state index in [9.17, 15) is 0 Å². The Morgan fingerprint density at radius 1 is 1.08 bits per heavy atom. The van der Waals surface area contributed by atoms with Gasteiger partial charge in [-0.25, -0.2) is 0 Å². The molecule has 136 valence electrons. The molecule has 7 heteroatoms. The number of nitrogens with zero attached hydrogens (tertiary/aromatic N) is 1. The predicted octanol–water partition coefficient (Wildman–Crippen LogP) is 3.71. The molecule has 2 aromatic carbocycles. The summed E-state index contributed by atoms with van der Waals surface area (Å²) < 4.78 is 10.8. The van der Waals surface area contributed by atoms with Crippen LogP contribution in [-0.2, 0) is 6.54 Å². The summed E-state index contributed by atoms with van der Waals surface area (Å²) in [6.45, 7) is 1.83. The van der Waals surface area contributed by atoms with Gasteiger partial charge in [-0.05, 0) is 42.0 Å². The SMILES string of the molecule is CN=C(NCCOc1ccc(Cl)cc1)NCc1cccc(OC)c1.I. The second kappa shape index (κ2) is 11.8. The van der Waals surface area contributed by atoms with Gasteiger partial charge in [0.1, 0.15) is 18.1 Å². The van der Waals surface area contributed by atoms with Crippen LogP contribution in [0.25, 0.3) is 0 Å². The highest BCUT2D eigenvalue weighted by atomic mass is 127. The number of ether oxygens (including phenoxy) is 2. The Bertz CT molecular complexity index is 666. The summed E-state index contributed by atoms with van der Waals surface area (Å²) in [5, 5.41) is 7.16. The van der Waals surface area contributed by atoms with Crippen LogP contribution in [0.4, 0.5) is 0 Å². The Morgan fingerprint density at radius 3 is 2.52 bits per heavy atom. The Kier molecular flexibility index (Phi) is 10.1. The maximum atomic E-state index is 5.84. The molecule has 0 unspecified atom stereocenters. The van der Waals surface area contributed by atoms with Crippen molar-refractivity contribution in [1.29, 1.82) is 0 Å². The maximum Gasteiger partial charge on any atom is 0.191 e. The van der Waals surface area contributed by atoms with Crippen LogP contribution in [-0.4, -0.2) is 33.3 Å². The number of methoxy groups -OCH3 is 1. The third-order valence-electron chi connectivity index (χ3n) is 3.29. The lowest BCUT2D eigenvalue weighted by atomic mass is 10.2. The number of hydrogen-bond acceptors (Lipinski definition) is 3. The molecule has 0 saturated carbocycles. The van der Waals surface area contributed by atoms with E-state index < -0.39 is 0 Å². The van der Waals surface area contributed by atoms with Crippen LogP contribution in [0, 0.1) is 0 Å². The van der Waals surface area contributed by atoms with Gasteiger partial charge in [0.2, 0.25) is 0 Å². The van der Waals surface area contributed by atoms with E-state index in [0.717, 1.165) is 23.0 Å². The van der Waals surface area contributed by atoms with Gasteiger partial charge in [-0.15, -0.1) is 24.0 Å². The van der Waals surface area contributed by atoms with E-state index in [1.165, 1.54) is 0 Å². The second-order valence-corrected chi connectivity index (χ2v) is 5.44. The van der Waals surface area contributed by atoms with Gasteiger partial charge in [0.15, 0.2) is 5.96 Å². The van der Waals surface area contributed by atoms with E-state index in [1.54, 1.807) is 26.3 Å². The zero-order chi connectivity index (χ0) is 17.2. The Morgan fingerprint density at radius 2 is 1.84 bits per heavy atom. The van der Waals surface area contributed by atoms with Crippen LogP contribution in [0.2, 0.25) is 5.02 Å². The summed E-state index contributed by atoms with van der Waals surface area (Å²) in [7, 11) is 3.40. The molecule has 0 amide bonds. The highest BCUT2D eigenvalue weighted by Gasteiger charge is 2.00. The van der Waals surface area contributed by atoms with Gasteiger partial charge >= 0.3 is 0 Å². The highest BCUT2D eigenvalue weighted by Crippen LogP contribution is 2.15. The van der Waals surface area contributed by atoms with Crippen LogP contribution < -0.4 is 20.1 Å². The molecule has 0 spiro atoms. The molecule has 0 aliphatic heterocycles. The number of nitrogens with one attached hydrogen (secondary N) is 2. The first kappa shape index (κ1) is 21.4. The number of rotatable bonds is 7. The van der Waals surface area contributed by atoms with Crippen molar-refractivity contribution in [1.82, 2.24) is 10.6 Å². The average Bonchev–Trinajstić information content (AvgIpc) is 2.63. The molecule has 0 atom stereocenters. The molecular weight excluding hydrogens is 453 g/mol. The van der Waals surface area contributed by atoms with Crippen molar-refractivity contribution in [3.05, 3.63) is 59.1 Å². The lowest BCUT2D eigenvalue weighted by Crippen LogP contribution is -2.38. The lowest BCUT2D eigenvalue weighted by Gasteiger charge is -2.13. The standard InChI is InChI=1S/C18H22ClN3O2.HI/c1-20-18(22-13-14-4-3-5-17(12-14)23-2)21-10-11-24-16-8-6-15(19)7-9-16;/h3-9,12H,10-11,13H2,1-2H3,(H2,20,21,22);1H. The molecule has 0 aliphatic rings. The minimum absolute atomic E-state index is 0. The molecule has 2 N–H and O–H groups in total. The van der Waals surface area contributed by atoms with Gasteiger partial charge in [0.25, 0.3) is 0 Å². The van der Waals surface area contributed by atoms with Crippen LogP contribution in [0.1, 0.15) is 5.56 Å². The predicted molar refractivity (Wildman–Crippen MR) is 114 cm³/mol. The monoisotopic (exact) mass is 475 g/mol. The number of halogens is 2. The van der Waals surface area contributed by atoms with Crippen molar-refractivity contribution in [3.63, 3.8) is 0 Å². The zero-order valence-corrected chi connectivity index (χ0v) is 17.4. The van der Waals surface area contributed by atoms with E-state index in [-0.39, 0.29) is 24.0 Å². The molecule has 25 heavy (non-hydrogen) atoms. The number of guanidine groups is 1. The molecular formula is C18H23ClIN3O2. The first-order valence-corrected chi connectivity index (χ1v) is 8.05. The molecule has 2 rings (SSSR count). The summed E-state index contributed by atoms with van der Waals surface area (Å²) in [6.07, 6.45) is 0. The third kappa shape index (κ3) is 7.83. The summed E-state index contributed by atoms with van der Waals surface area (Å²) in [4.78, 5) is 4.19. The molecule has 0 heterocycles. The van der Waals surface area contributed by atoms with Crippen molar-refractivity contribution in [2.45, 2.75) is 6.54 Å². The Labute approximate surface area is 170 Å². The Balaban J connectivity index is 0.00000312. The molecule has 0 fully saturated rings. The van der Waals surface area contributed by atoms with Crippen LogP contribution in [0.3, 0.4) is 0 Å². The molecule has 2 aromatic rings. The maximum absolute atomic E-state index is 5.84. The molecule has 5 nitrogen and oxygen atoms in total. The number of benzene rings is 2. The van der Waals surface area contributed by atoms with Gasteiger partial charge in [0, 0.05) is 18.6 Å². The first-order chi connectivity index (χ1) is 11.7. The van der Waals surface area contributed by atoms with Crippen LogP contribution >= 0.6 is 35.6 Å². The third-order valence-corrected chi connectivity index (χ3v) is 3.55. The molecule has 0 saturated heterocycles. The van der Waals surface area contributed by atoms with Gasteiger partial charge in [-0.2, -0.15) is 0 Å². The van der Waals surface area contributed by atoms with Crippen molar-refractivity contribution in [3.8, 4) is 11.5 Å². The van der Waals surface area contributed by atoms with Crippen molar-refractivity contribution in [2.24, 2.45) is 4.99 Å². The van der Waals surface area contributed by atoms with E-state index >= 15 is 0 Å². The van der Waals surface area contributed by atoms with Crippen molar-refractivity contribution < 1.29 is 9.47 Å². The fourth-order valence-electron chi connectivity index (χ4n) is 2.06. The zero-order valence-electron chi connectivity index (χ0n) is 14.3. The smallest absolute Gasteiger partial charge is 0.191 e. The molecule has 0 aliphatic carbocycles. The lowest BCUT2D eigenvalue weighted by molar-refractivity contribution is 0.322. The molecule has 0 radical (unpaired) electrons. The quantitative estimate of drug-likeness (QED) is 0.277. The average molecular weight is 476 g/mol. The topological polar surface area (TPSA) is 54.9 Å².